The van der Waals surface area contributed by atoms with Gasteiger partial charge in [0.1, 0.15) is 18.2 Å². The SMILES string of the molecule is CO[C@]1(c2cc(F)cc(OCc3ccccc3)c2)CCO[C@@H](C)C1. The zero-order valence-corrected chi connectivity index (χ0v) is 14.1. The number of methoxy groups -OCH3 is 1. The normalized spacial score (nSPS) is 23.9. The standard InChI is InChI=1S/C20H23FO3/c1-15-13-20(22-2,8-9-23-15)17-10-18(21)12-19(11-17)24-14-16-6-4-3-5-7-16/h3-7,10-12,15H,8-9,13-14H2,1-2H3/t15-,20+/m0/s1. The molecule has 0 radical (unpaired) electrons. The molecule has 4 heteroatoms. The third kappa shape index (κ3) is 3.77. The van der Waals surface area contributed by atoms with Gasteiger partial charge < -0.3 is 14.2 Å². The van der Waals surface area contributed by atoms with Crippen molar-refractivity contribution in [3.05, 3.63) is 65.5 Å². The molecule has 0 aromatic heterocycles. The molecule has 0 aliphatic carbocycles. The van der Waals surface area contributed by atoms with E-state index in [1.165, 1.54) is 12.1 Å². The quantitative estimate of drug-likeness (QED) is 0.811. The van der Waals surface area contributed by atoms with Crippen LogP contribution in [0, 0.1) is 5.82 Å². The van der Waals surface area contributed by atoms with Gasteiger partial charge in [-0.3, -0.25) is 0 Å². The van der Waals surface area contributed by atoms with Gasteiger partial charge in [-0.25, -0.2) is 4.39 Å². The molecule has 2 aromatic carbocycles. The van der Waals surface area contributed by atoms with Crippen molar-refractivity contribution in [2.45, 2.75) is 38.1 Å². The molecule has 0 bridgehead atoms. The first kappa shape index (κ1) is 16.9. The maximum atomic E-state index is 14.1. The summed E-state index contributed by atoms with van der Waals surface area (Å²) in [7, 11) is 1.67. The van der Waals surface area contributed by atoms with Gasteiger partial charge in [0.05, 0.1) is 18.3 Å². The van der Waals surface area contributed by atoms with E-state index in [-0.39, 0.29) is 11.9 Å². The Morgan fingerprint density at radius 3 is 2.71 bits per heavy atom. The van der Waals surface area contributed by atoms with E-state index in [9.17, 15) is 4.39 Å². The highest BCUT2D eigenvalue weighted by Crippen LogP contribution is 2.39. The molecular weight excluding hydrogens is 307 g/mol. The van der Waals surface area contributed by atoms with Crippen LogP contribution in [0.2, 0.25) is 0 Å². The van der Waals surface area contributed by atoms with Crippen LogP contribution in [0.25, 0.3) is 0 Å². The van der Waals surface area contributed by atoms with Crippen molar-refractivity contribution in [2.24, 2.45) is 0 Å². The van der Waals surface area contributed by atoms with E-state index in [4.69, 9.17) is 14.2 Å². The molecule has 1 aliphatic rings. The Balaban J connectivity index is 1.82. The van der Waals surface area contributed by atoms with Crippen molar-refractivity contribution >= 4 is 0 Å². The summed E-state index contributed by atoms with van der Waals surface area (Å²) in [5, 5.41) is 0. The van der Waals surface area contributed by atoms with Gasteiger partial charge in [0, 0.05) is 26.0 Å². The highest BCUT2D eigenvalue weighted by atomic mass is 19.1. The number of halogens is 1. The fourth-order valence-electron chi connectivity index (χ4n) is 3.27. The van der Waals surface area contributed by atoms with Gasteiger partial charge in [0.15, 0.2) is 0 Å². The van der Waals surface area contributed by atoms with E-state index in [1.54, 1.807) is 7.11 Å². The van der Waals surface area contributed by atoms with Crippen LogP contribution in [0.5, 0.6) is 5.75 Å². The first-order chi connectivity index (χ1) is 11.6. The van der Waals surface area contributed by atoms with E-state index in [0.717, 1.165) is 11.1 Å². The third-order valence-corrected chi connectivity index (χ3v) is 4.56. The van der Waals surface area contributed by atoms with Gasteiger partial charge in [0.2, 0.25) is 0 Å². The van der Waals surface area contributed by atoms with Crippen molar-refractivity contribution in [1.29, 1.82) is 0 Å². The van der Waals surface area contributed by atoms with E-state index in [2.05, 4.69) is 0 Å². The third-order valence-electron chi connectivity index (χ3n) is 4.56. The number of hydrogen-bond acceptors (Lipinski definition) is 3. The molecule has 0 N–H and O–H groups in total. The fourth-order valence-corrected chi connectivity index (χ4v) is 3.27. The van der Waals surface area contributed by atoms with Crippen molar-refractivity contribution < 1.29 is 18.6 Å². The molecule has 1 aliphatic heterocycles. The number of rotatable bonds is 5. The smallest absolute Gasteiger partial charge is 0.127 e. The Hall–Kier alpha value is -1.91. The van der Waals surface area contributed by atoms with E-state index < -0.39 is 5.60 Å². The van der Waals surface area contributed by atoms with Crippen LogP contribution in [0.3, 0.4) is 0 Å². The summed E-state index contributed by atoms with van der Waals surface area (Å²) in [4.78, 5) is 0. The van der Waals surface area contributed by atoms with Gasteiger partial charge in [-0.05, 0) is 30.2 Å². The lowest BCUT2D eigenvalue weighted by molar-refractivity contribution is -0.122. The van der Waals surface area contributed by atoms with E-state index in [1.807, 2.05) is 43.3 Å². The zero-order valence-electron chi connectivity index (χ0n) is 14.1. The average Bonchev–Trinajstić information content (AvgIpc) is 2.60. The van der Waals surface area contributed by atoms with Crippen LogP contribution >= 0.6 is 0 Å². The molecule has 24 heavy (non-hydrogen) atoms. The maximum absolute atomic E-state index is 14.1. The molecule has 0 unspecified atom stereocenters. The molecule has 1 saturated heterocycles. The van der Waals surface area contributed by atoms with Gasteiger partial charge >= 0.3 is 0 Å². The molecule has 0 amide bonds. The number of ether oxygens (including phenoxy) is 3. The first-order valence-corrected chi connectivity index (χ1v) is 8.26. The minimum atomic E-state index is -0.523. The van der Waals surface area contributed by atoms with Gasteiger partial charge in [-0.15, -0.1) is 0 Å². The summed E-state index contributed by atoms with van der Waals surface area (Å²) in [5.41, 5.74) is 1.33. The van der Waals surface area contributed by atoms with Crippen molar-refractivity contribution in [1.82, 2.24) is 0 Å². The molecule has 3 rings (SSSR count). The summed E-state index contributed by atoms with van der Waals surface area (Å²) in [6.45, 7) is 3.02. The molecular formula is C20H23FO3. The molecule has 2 atom stereocenters. The second-order valence-electron chi connectivity index (χ2n) is 6.28. The average molecular weight is 330 g/mol. The molecule has 1 heterocycles. The topological polar surface area (TPSA) is 27.7 Å². The summed E-state index contributed by atoms with van der Waals surface area (Å²) in [6, 6.07) is 14.7. The minimum Gasteiger partial charge on any atom is -0.489 e. The number of benzene rings is 2. The lowest BCUT2D eigenvalue weighted by Gasteiger charge is -2.39. The summed E-state index contributed by atoms with van der Waals surface area (Å²) in [6.07, 6.45) is 1.48. The largest absolute Gasteiger partial charge is 0.489 e. The first-order valence-electron chi connectivity index (χ1n) is 8.26. The molecule has 2 aromatic rings. The van der Waals surface area contributed by atoms with Gasteiger partial charge in [0.25, 0.3) is 0 Å². The van der Waals surface area contributed by atoms with E-state index >= 15 is 0 Å². The number of hydrogen-bond donors (Lipinski definition) is 0. The summed E-state index contributed by atoms with van der Waals surface area (Å²) < 4.78 is 31.4. The highest BCUT2D eigenvalue weighted by molar-refractivity contribution is 5.34. The zero-order chi connectivity index (χ0) is 17.0. The summed E-state index contributed by atoms with van der Waals surface area (Å²) >= 11 is 0. The van der Waals surface area contributed by atoms with Crippen molar-refractivity contribution in [3.8, 4) is 5.75 Å². The van der Waals surface area contributed by atoms with Crippen LogP contribution in [-0.4, -0.2) is 19.8 Å². The molecule has 128 valence electrons. The molecule has 0 saturated carbocycles. The van der Waals surface area contributed by atoms with Crippen LogP contribution in [0.1, 0.15) is 30.9 Å². The van der Waals surface area contributed by atoms with Crippen LogP contribution in [-0.2, 0) is 21.7 Å². The van der Waals surface area contributed by atoms with Gasteiger partial charge in [-0.2, -0.15) is 0 Å². The lowest BCUT2D eigenvalue weighted by atomic mass is 9.83. The van der Waals surface area contributed by atoms with E-state index in [0.29, 0.717) is 31.8 Å². The predicted octanol–water partition coefficient (Wildman–Crippen LogP) is 4.45. The Bertz CT molecular complexity index is 674. The monoisotopic (exact) mass is 330 g/mol. The predicted molar refractivity (Wildman–Crippen MR) is 90.5 cm³/mol. The fraction of sp³-hybridized carbons (Fsp3) is 0.400. The Labute approximate surface area is 142 Å². The minimum absolute atomic E-state index is 0.0793. The van der Waals surface area contributed by atoms with Crippen molar-refractivity contribution in [2.75, 3.05) is 13.7 Å². The highest BCUT2D eigenvalue weighted by Gasteiger charge is 2.38. The Morgan fingerprint density at radius 1 is 1.21 bits per heavy atom. The lowest BCUT2D eigenvalue weighted by Crippen LogP contribution is -2.39. The van der Waals surface area contributed by atoms with Crippen LogP contribution < -0.4 is 4.74 Å². The maximum Gasteiger partial charge on any atom is 0.127 e. The molecule has 1 fully saturated rings. The molecule has 3 nitrogen and oxygen atoms in total. The van der Waals surface area contributed by atoms with Gasteiger partial charge in [-0.1, -0.05) is 30.3 Å². The Morgan fingerprint density at radius 2 is 2.00 bits per heavy atom. The molecule has 0 spiro atoms. The van der Waals surface area contributed by atoms with Crippen LogP contribution in [0.4, 0.5) is 4.39 Å². The van der Waals surface area contributed by atoms with Crippen LogP contribution in [0.15, 0.2) is 48.5 Å². The van der Waals surface area contributed by atoms with Crippen molar-refractivity contribution in [3.63, 3.8) is 0 Å². The second-order valence-corrected chi connectivity index (χ2v) is 6.28. The second kappa shape index (κ2) is 7.32. The summed E-state index contributed by atoms with van der Waals surface area (Å²) in [5.74, 6) is 0.204. The Kier molecular flexibility index (Phi) is 5.17.